The topological polar surface area (TPSA) is 17.1 Å². The summed E-state index contributed by atoms with van der Waals surface area (Å²) in [6, 6.07) is 5.84. The Morgan fingerprint density at radius 1 is 1.33 bits per heavy atom. The first-order valence-electron chi connectivity index (χ1n) is 4.94. The maximum atomic E-state index is 11.9. The van der Waals surface area contributed by atoms with Crippen molar-refractivity contribution in [2.45, 2.75) is 38.2 Å². The molecule has 1 nitrogen and oxygen atoms in total. The van der Waals surface area contributed by atoms with Crippen LogP contribution in [-0.4, -0.2) is 8.96 Å². The summed E-state index contributed by atoms with van der Waals surface area (Å²) in [4.78, 5) is 0. The molecule has 0 N–H and O–H groups in total. The quantitative estimate of drug-likeness (QED) is 0.776. The van der Waals surface area contributed by atoms with E-state index >= 15 is 0 Å². The van der Waals surface area contributed by atoms with Gasteiger partial charge in [0.1, 0.15) is 0 Å². The molecule has 0 radical (unpaired) electrons. The normalized spacial score (nSPS) is 13.9. The number of aryl methyl sites for hydroxylation is 1. The van der Waals surface area contributed by atoms with Gasteiger partial charge in [-0.25, -0.2) is 0 Å². The van der Waals surface area contributed by atoms with Gasteiger partial charge in [-0.05, 0) is 39.3 Å². The van der Waals surface area contributed by atoms with E-state index in [1.807, 2.05) is 45.9 Å². The molecule has 1 atom stereocenters. The molecule has 0 aliphatic heterocycles. The van der Waals surface area contributed by atoms with Crippen molar-refractivity contribution in [2.75, 3.05) is 0 Å². The van der Waals surface area contributed by atoms with Crippen molar-refractivity contribution in [3.05, 3.63) is 34.3 Å². The predicted octanol–water partition coefficient (Wildman–Crippen LogP) is 3.70. The highest BCUT2D eigenvalue weighted by atomic mass is 35.5. The Bertz CT molecular complexity index is 380. The molecule has 1 aromatic rings. The van der Waals surface area contributed by atoms with E-state index in [-0.39, 0.29) is 4.75 Å². The van der Waals surface area contributed by atoms with Gasteiger partial charge in [-0.1, -0.05) is 29.3 Å². The fraction of sp³-hybridized carbons (Fsp3) is 0.500. The summed E-state index contributed by atoms with van der Waals surface area (Å²) in [5.41, 5.74) is 2.13. The monoisotopic (exact) mass is 244 g/mol. The van der Waals surface area contributed by atoms with Crippen LogP contribution in [0.2, 0.25) is 5.02 Å². The summed E-state index contributed by atoms with van der Waals surface area (Å²) in [6.07, 6.45) is 0. The zero-order chi connectivity index (χ0) is 11.6. The third-order valence-corrected chi connectivity index (χ3v) is 4.48. The van der Waals surface area contributed by atoms with Gasteiger partial charge in [0.15, 0.2) is 0 Å². The summed E-state index contributed by atoms with van der Waals surface area (Å²) in [6.45, 7) is 7.95. The van der Waals surface area contributed by atoms with Crippen molar-refractivity contribution in [1.29, 1.82) is 0 Å². The second-order valence-electron chi connectivity index (χ2n) is 4.70. The van der Waals surface area contributed by atoms with Gasteiger partial charge in [0, 0.05) is 20.6 Å². The highest BCUT2D eigenvalue weighted by molar-refractivity contribution is 7.85. The molecule has 0 spiro atoms. The van der Waals surface area contributed by atoms with Gasteiger partial charge in [0.25, 0.3) is 0 Å². The molecule has 3 heteroatoms. The Kier molecular flexibility index (Phi) is 3.96. The molecule has 15 heavy (non-hydrogen) atoms. The molecule has 0 bridgehead atoms. The molecule has 1 rings (SSSR count). The zero-order valence-corrected chi connectivity index (χ0v) is 11.2. The zero-order valence-electron chi connectivity index (χ0n) is 9.63. The minimum Gasteiger partial charge on any atom is -0.259 e. The average molecular weight is 245 g/mol. The van der Waals surface area contributed by atoms with Gasteiger partial charge >= 0.3 is 0 Å². The summed E-state index contributed by atoms with van der Waals surface area (Å²) in [5.74, 6) is 0.532. The highest BCUT2D eigenvalue weighted by Crippen LogP contribution is 2.22. The molecule has 0 fully saturated rings. The van der Waals surface area contributed by atoms with Crippen LogP contribution in [0.1, 0.15) is 31.9 Å². The van der Waals surface area contributed by atoms with Crippen LogP contribution in [0.5, 0.6) is 0 Å². The molecular formula is C12H17ClOS. The Morgan fingerprint density at radius 2 is 1.93 bits per heavy atom. The van der Waals surface area contributed by atoms with E-state index in [0.717, 1.165) is 11.1 Å². The Morgan fingerprint density at radius 3 is 2.47 bits per heavy atom. The van der Waals surface area contributed by atoms with Crippen molar-refractivity contribution in [3.8, 4) is 0 Å². The van der Waals surface area contributed by atoms with Crippen molar-refractivity contribution in [3.63, 3.8) is 0 Å². The van der Waals surface area contributed by atoms with E-state index in [9.17, 15) is 4.21 Å². The molecule has 1 aromatic carbocycles. The van der Waals surface area contributed by atoms with Gasteiger partial charge in [0.05, 0.1) is 5.75 Å². The lowest BCUT2D eigenvalue weighted by Gasteiger charge is -2.18. The molecule has 0 aromatic heterocycles. The second kappa shape index (κ2) is 4.67. The molecule has 0 heterocycles. The molecular weight excluding hydrogens is 228 g/mol. The Balaban J connectivity index is 2.90. The van der Waals surface area contributed by atoms with Crippen LogP contribution >= 0.6 is 11.6 Å². The summed E-state index contributed by atoms with van der Waals surface area (Å²) in [5, 5.41) is 0.707. The van der Waals surface area contributed by atoms with Crippen LogP contribution in [0, 0.1) is 6.92 Å². The first kappa shape index (κ1) is 12.7. The number of rotatable bonds is 2. The maximum absolute atomic E-state index is 11.9. The number of halogens is 1. The van der Waals surface area contributed by atoms with Crippen LogP contribution in [0.15, 0.2) is 18.2 Å². The SMILES string of the molecule is Cc1ccc(Cl)c(CS(=O)C(C)(C)C)c1. The van der Waals surface area contributed by atoms with Crippen LogP contribution in [0.3, 0.4) is 0 Å². The molecule has 0 saturated carbocycles. The first-order valence-corrected chi connectivity index (χ1v) is 6.64. The maximum Gasteiger partial charge on any atom is 0.0505 e. The highest BCUT2D eigenvalue weighted by Gasteiger charge is 2.20. The minimum atomic E-state index is -0.891. The summed E-state index contributed by atoms with van der Waals surface area (Å²) >= 11 is 6.06. The number of hydrogen-bond acceptors (Lipinski definition) is 1. The fourth-order valence-electron chi connectivity index (χ4n) is 1.17. The molecule has 84 valence electrons. The van der Waals surface area contributed by atoms with Gasteiger partial charge < -0.3 is 0 Å². The third-order valence-electron chi connectivity index (χ3n) is 2.17. The van der Waals surface area contributed by atoms with Gasteiger partial charge in [0.2, 0.25) is 0 Å². The molecule has 0 amide bonds. The standard InChI is InChI=1S/C12H17ClOS/c1-9-5-6-11(13)10(7-9)8-15(14)12(2,3)4/h5-7H,8H2,1-4H3. The van der Waals surface area contributed by atoms with Gasteiger partial charge in [-0.3, -0.25) is 4.21 Å². The van der Waals surface area contributed by atoms with Gasteiger partial charge in [-0.15, -0.1) is 0 Å². The molecule has 0 aliphatic rings. The molecule has 0 aliphatic carbocycles. The predicted molar refractivity (Wildman–Crippen MR) is 67.8 cm³/mol. The first-order chi connectivity index (χ1) is 6.80. The van der Waals surface area contributed by atoms with Crippen LogP contribution in [0.25, 0.3) is 0 Å². The van der Waals surface area contributed by atoms with E-state index in [1.54, 1.807) is 0 Å². The van der Waals surface area contributed by atoms with E-state index < -0.39 is 10.8 Å². The van der Waals surface area contributed by atoms with Crippen molar-refractivity contribution < 1.29 is 4.21 Å². The average Bonchev–Trinajstić information content (AvgIpc) is 2.09. The lowest BCUT2D eigenvalue weighted by atomic mass is 10.2. The minimum absolute atomic E-state index is 0.187. The molecule has 0 saturated heterocycles. The van der Waals surface area contributed by atoms with E-state index in [2.05, 4.69) is 0 Å². The van der Waals surface area contributed by atoms with Crippen molar-refractivity contribution in [1.82, 2.24) is 0 Å². The largest absolute Gasteiger partial charge is 0.259 e. The Hall–Kier alpha value is -0.340. The smallest absolute Gasteiger partial charge is 0.0505 e. The van der Waals surface area contributed by atoms with E-state index in [1.165, 1.54) is 0 Å². The van der Waals surface area contributed by atoms with Crippen LogP contribution in [0.4, 0.5) is 0 Å². The second-order valence-corrected chi connectivity index (χ2v) is 7.31. The van der Waals surface area contributed by atoms with Crippen LogP contribution < -0.4 is 0 Å². The van der Waals surface area contributed by atoms with E-state index in [0.29, 0.717) is 10.8 Å². The Labute approximate surface area is 99.3 Å². The van der Waals surface area contributed by atoms with Gasteiger partial charge in [-0.2, -0.15) is 0 Å². The lowest BCUT2D eigenvalue weighted by Crippen LogP contribution is -2.23. The number of benzene rings is 1. The molecule has 1 unspecified atom stereocenters. The third kappa shape index (κ3) is 3.62. The lowest BCUT2D eigenvalue weighted by molar-refractivity contribution is 0.648. The van der Waals surface area contributed by atoms with E-state index in [4.69, 9.17) is 11.6 Å². The summed E-state index contributed by atoms with van der Waals surface area (Å²) in [7, 11) is -0.891. The summed E-state index contributed by atoms with van der Waals surface area (Å²) < 4.78 is 11.8. The van der Waals surface area contributed by atoms with Crippen LogP contribution in [-0.2, 0) is 16.6 Å². The fourth-order valence-corrected chi connectivity index (χ4v) is 2.39. The van der Waals surface area contributed by atoms with Crippen molar-refractivity contribution in [2.24, 2.45) is 0 Å². The number of hydrogen-bond donors (Lipinski definition) is 0. The van der Waals surface area contributed by atoms with Crippen molar-refractivity contribution >= 4 is 22.4 Å².